The lowest BCUT2D eigenvalue weighted by Crippen LogP contribution is -2.48. The summed E-state index contributed by atoms with van der Waals surface area (Å²) in [5.74, 6) is -1.92. The maximum atomic E-state index is 13.0. The van der Waals surface area contributed by atoms with Gasteiger partial charge in [0.15, 0.2) is 0 Å². The molecule has 3 aliphatic rings. The van der Waals surface area contributed by atoms with Crippen LogP contribution in [-0.2, 0) is 19.1 Å². The zero-order valence-electron chi connectivity index (χ0n) is 16.2. The summed E-state index contributed by atoms with van der Waals surface area (Å²) in [6.07, 6.45) is 2.74. The summed E-state index contributed by atoms with van der Waals surface area (Å²) in [7, 11) is 0. The molecular weight excluding hydrogens is 332 g/mol. The highest BCUT2D eigenvalue weighted by atomic mass is 16.5. The number of ketones is 2. The lowest BCUT2D eigenvalue weighted by Gasteiger charge is -2.50. The van der Waals surface area contributed by atoms with Crippen LogP contribution in [0.1, 0.15) is 60.3 Å². The Morgan fingerprint density at radius 3 is 2.42 bits per heavy atom. The predicted molar refractivity (Wildman–Crippen MR) is 96.3 cm³/mol. The number of aliphatic hydroxyl groups excluding tert-OH is 1. The first-order valence-corrected chi connectivity index (χ1v) is 9.50. The van der Waals surface area contributed by atoms with E-state index >= 15 is 0 Å². The summed E-state index contributed by atoms with van der Waals surface area (Å²) in [6.45, 7) is 9.23. The normalized spacial score (nSPS) is 31.1. The van der Waals surface area contributed by atoms with Crippen molar-refractivity contribution in [3.05, 3.63) is 22.5 Å². The van der Waals surface area contributed by atoms with Crippen molar-refractivity contribution in [1.82, 2.24) is 0 Å². The number of hydrogen-bond acceptors (Lipinski definition) is 5. The second kappa shape index (κ2) is 6.36. The molecule has 0 aromatic rings. The molecule has 142 valence electrons. The summed E-state index contributed by atoms with van der Waals surface area (Å²) >= 11 is 0. The average molecular weight is 360 g/mol. The van der Waals surface area contributed by atoms with Crippen molar-refractivity contribution in [1.29, 1.82) is 0 Å². The van der Waals surface area contributed by atoms with E-state index in [2.05, 4.69) is 13.8 Å². The number of fused-ring (bicyclic) bond motifs is 2. The molecule has 0 saturated heterocycles. The third-order valence-corrected chi connectivity index (χ3v) is 6.37. The Hall–Kier alpha value is -1.91. The van der Waals surface area contributed by atoms with Gasteiger partial charge in [-0.3, -0.25) is 14.4 Å². The van der Waals surface area contributed by atoms with Crippen LogP contribution in [-0.4, -0.2) is 28.7 Å². The quantitative estimate of drug-likeness (QED) is 0.461. The lowest BCUT2D eigenvalue weighted by atomic mass is 9.55. The molecule has 3 rings (SSSR count). The van der Waals surface area contributed by atoms with Crippen molar-refractivity contribution in [2.75, 3.05) is 0 Å². The van der Waals surface area contributed by atoms with Crippen molar-refractivity contribution >= 4 is 17.5 Å². The summed E-state index contributed by atoms with van der Waals surface area (Å²) in [5, 5.41) is 10.9. The van der Waals surface area contributed by atoms with Crippen molar-refractivity contribution in [3.63, 3.8) is 0 Å². The van der Waals surface area contributed by atoms with Crippen molar-refractivity contribution in [3.8, 4) is 0 Å². The molecule has 3 unspecified atom stereocenters. The topological polar surface area (TPSA) is 80.7 Å². The van der Waals surface area contributed by atoms with Crippen LogP contribution < -0.4 is 0 Å². The maximum Gasteiger partial charge on any atom is 0.303 e. The molecule has 0 amide bonds. The Kier molecular flexibility index (Phi) is 4.62. The van der Waals surface area contributed by atoms with Crippen molar-refractivity contribution in [2.24, 2.45) is 23.2 Å². The van der Waals surface area contributed by atoms with Crippen LogP contribution in [0.25, 0.3) is 0 Å². The van der Waals surface area contributed by atoms with E-state index in [1.165, 1.54) is 6.92 Å². The van der Waals surface area contributed by atoms with E-state index < -0.39 is 23.6 Å². The van der Waals surface area contributed by atoms with E-state index in [1.807, 2.05) is 0 Å². The number of esters is 1. The molecule has 1 N–H and O–H groups in total. The second-order valence-electron chi connectivity index (χ2n) is 8.83. The Bertz CT molecular complexity index is 738. The number of carbonyl (C=O) groups is 3. The maximum absolute atomic E-state index is 13.0. The molecule has 3 aliphatic carbocycles. The van der Waals surface area contributed by atoms with E-state index in [9.17, 15) is 19.5 Å². The van der Waals surface area contributed by atoms with Crippen molar-refractivity contribution in [2.45, 2.75) is 66.4 Å². The minimum absolute atomic E-state index is 0.0131. The van der Waals surface area contributed by atoms with Gasteiger partial charge in [-0.05, 0) is 42.4 Å². The van der Waals surface area contributed by atoms with Crippen molar-refractivity contribution < 1.29 is 24.2 Å². The number of Topliss-reactive ketones (excluding diaryl/α,β-unsaturated/α-hetero) is 2. The summed E-state index contributed by atoms with van der Waals surface area (Å²) < 4.78 is 5.53. The highest BCUT2D eigenvalue weighted by molar-refractivity contribution is 6.50. The predicted octanol–water partition coefficient (Wildman–Crippen LogP) is 3.68. The van der Waals surface area contributed by atoms with E-state index in [1.54, 1.807) is 13.8 Å². The third kappa shape index (κ3) is 2.81. The standard InChI is InChI=1S/C21H28O5/c1-10(2)15-18(23)17-14(26-11(3)22)9-13-12(7-6-8-21(13,4)5)16(17)20(25)19(15)24/h10,12-14,23H,6-9H2,1-5H3. The van der Waals surface area contributed by atoms with E-state index in [0.29, 0.717) is 17.6 Å². The molecule has 3 atom stereocenters. The Morgan fingerprint density at radius 2 is 1.85 bits per heavy atom. The summed E-state index contributed by atoms with van der Waals surface area (Å²) in [5.41, 5.74) is 0.903. The second-order valence-corrected chi connectivity index (χ2v) is 8.83. The van der Waals surface area contributed by atoms with Gasteiger partial charge in [0, 0.05) is 23.6 Å². The third-order valence-electron chi connectivity index (χ3n) is 6.37. The van der Waals surface area contributed by atoms with Crippen LogP contribution >= 0.6 is 0 Å². The Morgan fingerprint density at radius 1 is 1.19 bits per heavy atom. The first-order chi connectivity index (χ1) is 12.1. The molecule has 1 saturated carbocycles. The van der Waals surface area contributed by atoms with Crippen LogP contribution in [0, 0.1) is 23.2 Å². The van der Waals surface area contributed by atoms with Crippen LogP contribution in [0.5, 0.6) is 0 Å². The monoisotopic (exact) mass is 360 g/mol. The smallest absolute Gasteiger partial charge is 0.303 e. The van der Waals surface area contributed by atoms with E-state index in [-0.39, 0.29) is 34.5 Å². The fraction of sp³-hybridized carbons (Fsp3) is 0.667. The van der Waals surface area contributed by atoms with Gasteiger partial charge in [0.2, 0.25) is 11.6 Å². The van der Waals surface area contributed by atoms with E-state index in [4.69, 9.17) is 4.74 Å². The molecule has 0 radical (unpaired) electrons. The van der Waals surface area contributed by atoms with Gasteiger partial charge in [0.1, 0.15) is 11.9 Å². The largest absolute Gasteiger partial charge is 0.507 e. The van der Waals surface area contributed by atoms with Crippen LogP contribution in [0.4, 0.5) is 0 Å². The van der Waals surface area contributed by atoms with Crippen LogP contribution in [0.3, 0.4) is 0 Å². The summed E-state index contributed by atoms with van der Waals surface area (Å²) in [6, 6.07) is 0. The first kappa shape index (κ1) is 18.9. The van der Waals surface area contributed by atoms with Crippen LogP contribution in [0.15, 0.2) is 22.5 Å². The molecule has 1 fully saturated rings. The Balaban J connectivity index is 2.22. The van der Waals surface area contributed by atoms with Gasteiger partial charge in [-0.2, -0.15) is 0 Å². The van der Waals surface area contributed by atoms with Gasteiger partial charge >= 0.3 is 5.97 Å². The van der Waals surface area contributed by atoms with Gasteiger partial charge in [-0.15, -0.1) is 0 Å². The molecule has 0 spiro atoms. The number of carbonyl (C=O) groups excluding carboxylic acids is 3. The highest BCUT2D eigenvalue weighted by Gasteiger charge is 2.52. The minimum Gasteiger partial charge on any atom is -0.507 e. The molecule has 0 aliphatic heterocycles. The number of ether oxygens (including phenoxy) is 1. The molecule has 5 nitrogen and oxygen atoms in total. The van der Waals surface area contributed by atoms with Gasteiger partial charge in [-0.1, -0.05) is 34.1 Å². The lowest BCUT2D eigenvalue weighted by molar-refractivity contribution is -0.147. The van der Waals surface area contributed by atoms with Gasteiger partial charge in [-0.25, -0.2) is 0 Å². The molecule has 26 heavy (non-hydrogen) atoms. The van der Waals surface area contributed by atoms with E-state index in [0.717, 1.165) is 19.3 Å². The molecule has 0 bridgehead atoms. The Labute approximate surface area is 154 Å². The SMILES string of the molecule is CC(=O)OC1CC2C(CCCC2(C)C)C2=C1C(O)=C(C(C)C)C(=O)C2=O. The fourth-order valence-electron chi connectivity index (χ4n) is 5.17. The van der Waals surface area contributed by atoms with Gasteiger partial charge in [0.25, 0.3) is 0 Å². The zero-order valence-corrected chi connectivity index (χ0v) is 16.2. The fourth-order valence-corrected chi connectivity index (χ4v) is 5.17. The molecular formula is C21H28O5. The first-order valence-electron chi connectivity index (χ1n) is 9.50. The van der Waals surface area contributed by atoms with Gasteiger partial charge in [0.05, 0.1) is 0 Å². The summed E-state index contributed by atoms with van der Waals surface area (Å²) in [4.78, 5) is 37.4. The average Bonchev–Trinajstić information content (AvgIpc) is 2.51. The zero-order chi connectivity index (χ0) is 19.4. The highest BCUT2D eigenvalue weighted by Crippen LogP contribution is 2.55. The molecule has 0 aromatic carbocycles. The minimum atomic E-state index is -0.674. The van der Waals surface area contributed by atoms with Crippen LogP contribution in [0.2, 0.25) is 0 Å². The van der Waals surface area contributed by atoms with Gasteiger partial charge < -0.3 is 9.84 Å². The number of hydrogen-bond donors (Lipinski definition) is 1. The molecule has 0 aromatic heterocycles. The number of allylic oxidation sites excluding steroid dienone is 2. The molecule has 5 heteroatoms. The number of rotatable bonds is 2. The molecule has 0 heterocycles. The number of aliphatic hydroxyl groups is 1.